The lowest BCUT2D eigenvalue weighted by atomic mass is 10.3. The minimum absolute atomic E-state index is 0.0905. The smallest absolute Gasteiger partial charge is 0.230 e. The Morgan fingerprint density at radius 2 is 2.36 bits per heavy atom. The number of halogens is 1. The molecule has 1 aromatic rings. The summed E-state index contributed by atoms with van der Waals surface area (Å²) in [4.78, 5) is 11.6. The van der Waals surface area contributed by atoms with Crippen LogP contribution in [0.15, 0.2) is 23.1 Å². The zero-order chi connectivity index (χ0) is 10.6. The molecule has 0 aromatic heterocycles. The van der Waals surface area contributed by atoms with Gasteiger partial charge in [0, 0.05) is 11.9 Å². The van der Waals surface area contributed by atoms with Crippen molar-refractivity contribution >= 4 is 23.4 Å². The molecule has 3 nitrogen and oxygen atoms in total. The molecule has 5 heteroatoms. The third-order valence-electron chi connectivity index (χ3n) is 1.62. The molecule has 0 unspecified atom stereocenters. The predicted octanol–water partition coefficient (Wildman–Crippen LogP) is 1.25. The van der Waals surface area contributed by atoms with E-state index in [0.29, 0.717) is 4.90 Å². The maximum atomic E-state index is 12.9. The van der Waals surface area contributed by atoms with Crippen LogP contribution in [0.5, 0.6) is 0 Å². The zero-order valence-corrected chi connectivity index (χ0v) is 8.53. The van der Waals surface area contributed by atoms with Crippen molar-refractivity contribution in [2.75, 3.05) is 18.5 Å². The maximum absolute atomic E-state index is 12.9. The molecule has 0 fully saturated rings. The first kappa shape index (κ1) is 10.8. The molecule has 0 bridgehead atoms. The second-order valence-electron chi connectivity index (χ2n) is 2.65. The number of nitrogen functional groups attached to an aromatic ring is 1. The summed E-state index contributed by atoms with van der Waals surface area (Å²) >= 11 is 1.27. The molecule has 1 rings (SSSR count). The van der Waals surface area contributed by atoms with E-state index in [1.807, 2.05) is 0 Å². The van der Waals surface area contributed by atoms with Crippen LogP contribution in [-0.4, -0.2) is 18.7 Å². The SMILES string of the molecule is CNC(=O)CSc1ccc(N)c(F)c1. The van der Waals surface area contributed by atoms with E-state index in [9.17, 15) is 9.18 Å². The molecular formula is C9H11FN2OS. The lowest BCUT2D eigenvalue weighted by molar-refractivity contribution is -0.118. The summed E-state index contributed by atoms with van der Waals surface area (Å²) in [5.41, 5.74) is 5.43. The first-order valence-electron chi connectivity index (χ1n) is 4.02. The summed E-state index contributed by atoms with van der Waals surface area (Å²) in [5, 5.41) is 2.48. The Bertz CT molecular complexity index is 344. The van der Waals surface area contributed by atoms with Crippen molar-refractivity contribution in [2.45, 2.75) is 4.90 Å². The predicted molar refractivity (Wildman–Crippen MR) is 55.6 cm³/mol. The van der Waals surface area contributed by atoms with Crippen LogP contribution in [0, 0.1) is 5.82 Å². The first-order valence-corrected chi connectivity index (χ1v) is 5.00. The third-order valence-corrected chi connectivity index (χ3v) is 2.61. The fourth-order valence-electron chi connectivity index (χ4n) is 0.819. The van der Waals surface area contributed by atoms with Gasteiger partial charge in [0.25, 0.3) is 0 Å². The molecule has 1 aromatic carbocycles. The fourth-order valence-corrected chi connectivity index (χ4v) is 1.61. The van der Waals surface area contributed by atoms with Gasteiger partial charge in [-0.2, -0.15) is 0 Å². The number of nitrogens with one attached hydrogen (secondary N) is 1. The van der Waals surface area contributed by atoms with E-state index in [2.05, 4.69) is 5.32 Å². The number of hydrogen-bond acceptors (Lipinski definition) is 3. The van der Waals surface area contributed by atoms with Crippen molar-refractivity contribution in [2.24, 2.45) is 0 Å². The first-order chi connectivity index (χ1) is 6.63. The van der Waals surface area contributed by atoms with Crippen molar-refractivity contribution < 1.29 is 9.18 Å². The molecule has 0 saturated carbocycles. The molecule has 14 heavy (non-hydrogen) atoms. The third kappa shape index (κ3) is 2.92. The van der Waals surface area contributed by atoms with Gasteiger partial charge in [-0.15, -0.1) is 11.8 Å². The van der Waals surface area contributed by atoms with Crippen LogP contribution >= 0.6 is 11.8 Å². The van der Waals surface area contributed by atoms with Gasteiger partial charge in [0.2, 0.25) is 5.91 Å². The number of carbonyl (C=O) groups excluding carboxylic acids is 1. The summed E-state index contributed by atoms with van der Waals surface area (Å²) in [6.07, 6.45) is 0. The number of anilines is 1. The van der Waals surface area contributed by atoms with E-state index in [4.69, 9.17) is 5.73 Å². The molecule has 1 amide bonds. The molecule has 0 spiro atoms. The summed E-state index contributed by atoms with van der Waals surface area (Å²) in [6, 6.07) is 4.50. The van der Waals surface area contributed by atoms with Gasteiger partial charge < -0.3 is 11.1 Å². The molecule has 0 aliphatic rings. The molecule has 76 valence electrons. The van der Waals surface area contributed by atoms with Crippen molar-refractivity contribution in [3.63, 3.8) is 0 Å². The highest BCUT2D eigenvalue weighted by Crippen LogP contribution is 2.21. The standard InChI is InChI=1S/C9H11FN2OS/c1-12-9(13)5-14-6-2-3-8(11)7(10)4-6/h2-4H,5,11H2,1H3,(H,12,13). The van der Waals surface area contributed by atoms with Gasteiger partial charge in [-0.3, -0.25) is 4.79 Å². The average molecular weight is 214 g/mol. The van der Waals surface area contributed by atoms with Crippen LogP contribution in [-0.2, 0) is 4.79 Å². The Hall–Kier alpha value is -1.23. The Balaban J connectivity index is 2.60. The lowest BCUT2D eigenvalue weighted by Gasteiger charge is -2.02. The normalized spacial score (nSPS) is 9.86. The van der Waals surface area contributed by atoms with Gasteiger partial charge in [0.15, 0.2) is 0 Å². The number of thioether (sulfide) groups is 1. The number of amides is 1. The van der Waals surface area contributed by atoms with E-state index >= 15 is 0 Å². The fraction of sp³-hybridized carbons (Fsp3) is 0.222. The molecule has 0 atom stereocenters. The number of nitrogens with two attached hydrogens (primary N) is 1. The quantitative estimate of drug-likeness (QED) is 0.588. The minimum Gasteiger partial charge on any atom is -0.396 e. The molecular weight excluding hydrogens is 203 g/mol. The molecule has 0 radical (unpaired) electrons. The lowest BCUT2D eigenvalue weighted by Crippen LogP contribution is -2.19. The zero-order valence-electron chi connectivity index (χ0n) is 7.71. The van der Waals surface area contributed by atoms with Crippen LogP contribution in [0.25, 0.3) is 0 Å². The van der Waals surface area contributed by atoms with E-state index in [1.54, 1.807) is 13.1 Å². The van der Waals surface area contributed by atoms with Crippen LogP contribution in [0.3, 0.4) is 0 Å². The van der Waals surface area contributed by atoms with E-state index in [1.165, 1.54) is 23.9 Å². The second kappa shape index (κ2) is 4.85. The highest BCUT2D eigenvalue weighted by molar-refractivity contribution is 8.00. The number of benzene rings is 1. The monoisotopic (exact) mass is 214 g/mol. The average Bonchev–Trinajstić information content (AvgIpc) is 2.19. The second-order valence-corrected chi connectivity index (χ2v) is 3.69. The largest absolute Gasteiger partial charge is 0.396 e. The van der Waals surface area contributed by atoms with Crippen LogP contribution in [0.4, 0.5) is 10.1 Å². The Kier molecular flexibility index (Phi) is 3.76. The summed E-state index contributed by atoms with van der Waals surface area (Å²) in [6.45, 7) is 0. The number of rotatable bonds is 3. The van der Waals surface area contributed by atoms with Crippen LogP contribution < -0.4 is 11.1 Å². The van der Waals surface area contributed by atoms with E-state index in [0.717, 1.165) is 0 Å². The maximum Gasteiger partial charge on any atom is 0.230 e. The topological polar surface area (TPSA) is 55.1 Å². The molecule has 3 N–H and O–H groups in total. The van der Waals surface area contributed by atoms with Crippen LogP contribution in [0.1, 0.15) is 0 Å². The molecule has 0 aliphatic heterocycles. The Labute approximate surface area is 85.9 Å². The van der Waals surface area contributed by atoms with E-state index in [-0.39, 0.29) is 17.3 Å². The number of hydrogen-bond donors (Lipinski definition) is 2. The van der Waals surface area contributed by atoms with Crippen LogP contribution in [0.2, 0.25) is 0 Å². The highest BCUT2D eigenvalue weighted by Gasteiger charge is 2.03. The van der Waals surface area contributed by atoms with Crippen molar-refractivity contribution in [1.29, 1.82) is 0 Å². The summed E-state index contributed by atoms with van der Waals surface area (Å²) in [5.74, 6) is -0.265. The summed E-state index contributed by atoms with van der Waals surface area (Å²) in [7, 11) is 1.56. The molecule has 0 aliphatic carbocycles. The van der Waals surface area contributed by atoms with Crippen molar-refractivity contribution in [3.05, 3.63) is 24.0 Å². The summed E-state index contributed by atoms with van der Waals surface area (Å²) < 4.78 is 12.9. The van der Waals surface area contributed by atoms with Gasteiger partial charge in [-0.1, -0.05) is 0 Å². The van der Waals surface area contributed by atoms with Gasteiger partial charge in [-0.05, 0) is 18.2 Å². The van der Waals surface area contributed by atoms with Gasteiger partial charge in [0.1, 0.15) is 5.82 Å². The highest BCUT2D eigenvalue weighted by atomic mass is 32.2. The minimum atomic E-state index is -0.452. The van der Waals surface area contributed by atoms with Crippen molar-refractivity contribution in [1.82, 2.24) is 5.32 Å². The van der Waals surface area contributed by atoms with Crippen molar-refractivity contribution in [3.8, 4) is 0 Å². The molecule has 0 heterocycles. The Morgan fingerprint density at radius 1 is 1.64 bits per heavy atom. The van der Waals surface area contributed by atoms with E-state index < -0.39 is 5.82 Å². The molecule has 0 saturated heterocycles. The van der Waals surface area contributed by atoms with Gasteiger partial charge in [0.05, 0.1) is 11.4 Å². The number of carbonyl (C=O) groups is 1. The van der Waals surface area contributed by atoms with Gasteiger partial charge in [-0.25, -0.2) is 4.39 Å². The van der Waals surface area contributed by atoms with Gasteiger partial charge >= 0.3 is 0 Å². The Morgan fingerprint density at radius 3 is 2.93 bits per heavy atom.